The zero-order valence-electron chi connectivity index (χ0n) is 13.9. The van der Waals surface area contributed by atoms with Crippen LogP contribution in [0.15, 0.2) is 0 Å². The second-order valence-corrected chi connectivity index (χ2v) is 6.69. The molecule has 0 aromatic heterocycles. The number of carboxylic acid groups (broad SMARTS) is 1. The normalized spacial score (nSPS) is 21.4. The van der Waals surface area contributed by atoms with Crippen molar-refractivity contribution < 1.29 is 24.2 Å². The number of rotatable bonds is 5. The third kappa shape index (κ3) is 4.61. The van der Waals surface area contributed by atoms with Crippen molar-refractivity contribution in [1.82, 2.24) is 10.2 Å². The molecule has 0 bridgehead atoms. The van der Waals surface area contributed by atoms with E-state index in [0.717, 1.165) is 0 Å². The summed E-state index contributed by atoms with van der Waals surface area (Å²) < 4.78 is 5.12. The maximum atomic E-state index is 12.4. The molecule has 0 aromatic carbocycles. The highest BCUT2D eigenvalue weighted by Gasteiger charge is 2.41. The fourth-order valence-electron chi connectivity index (χ4n) is 2.47. The fourth-order valence-corrected chi connectivity index (χ4v) is 2.47. The van der Waals surface area contributed by atoms with E-state index in [2.05, 4.69) is 5.32 Å². The van der Waals surface area contributed by atoms with Gasteiger partial charge in [0.25, 0.3) is 0 Å². The van der Waals surface area contributed by atoms with Crippen molar-refractivity contribution in [2.24, 2.45) is 5.92 Å². The highest BCUT2D eigenvalue weighted by molar-refractivity contribution is 5.91. The van der Waals surface area contributed by atoms with Crippen molar-refractivity contribution in [2.75, 3.05) is 6.54 Å². The van der Waals surface area contributed by atoms with E-state index in [-0.39, 0.29) is 11.8 Å². The first-order chi connectivity index (χ1) is 10.1. The zero-order valence-corrected chi connectivity index (χ0v) is 13.9. The summed E-state index contributed by atoms with van der Waals surface area (Å²) in [6.45, 7) is 9.22. The molecule has 2 amide bonds. The first-order valence-corrected chi connectivity index (χ1v) is 7.59. The van der Waals surface area contributed by atoms with Crippen LogP contribution >= 0.6 is 0 Å². The van der Waals surface area contributed by atoms with E-state index in [4.69, 9.17) is 4.74 Å². The molecule has 126 valence electrons. The number of likely N-dealkylation sites (tertiary alicyclic amines) is 1. The summed E-state index contributed by atoms with van der Waals surface area (Å²) in [5, 5.41) is 11.9. The van der Waals surface area contributed by atoms with Gasteiger partial charge in [0.15, 0.2) is 0 Å². The van der Waals surface area contributed by atoms with E-state index < -0.39 is 29.7 Å². The molecular weight excluding hydrogens is 288 g/mol. The molecule has 2 N–H and O–H groups in total. The van der Waals surface area contributed by atoms with Gasteiger partial charge >= 0.3 is 12.1 Å². The SMILES string of the molecule is CCC(C)C(C(=O)O)N1CC[C@@H](NC(=O)OC(C)(C)C)C1=O. The van der Waals surface area contributed by atoms with Gasteiger partial charge in [-0.3, -0.25) is 4.79 Å². The van der Waals surface area contributed by atoms with Crippen LogP contribution in [0.3, 0.4) is 0 Å². The highest BCUT2D eigenvalue weighted by atomic mass is 16.6. The minimum Gasteiger partial charge on any atom is -0.480 e. The second-order valence-electron chi connectivity index (χ2n) is 6.69. The Hall–Kier alpha value is -1.79. The van der Waals surface area contributed by atoms with Gasteiger partial charge in [0.05, 0.1) is 0 Å². The minimum absolute atomic E-state index is 0.151. The van der Waals surface area contributed by atoms with Crippen LogP contribution in [0.1, 0.15) is 47.5 Å². The molecule has 1 aliphatic rings. The first-order valence-electron chi connectivity index (χ1n) is 7.59. The van der Waals surface area contributed by atoms with Gasteiger partial charge in [-0.15, -0.1) is 0 Å². The van der Waals surface area contributed by atoms with E-state index in [9.17, 15) is 19.5 Å². The van der Waals surface area contributed by atoms with Gasteiger partial charge < -0.3 is 20.1 Å². The minimum atomic E-state index is -1.01. The Morgan fingerprint density at radius 1 is 1.45 bits per heavy atom. The van der Waals surface area contributed by atoms with Crippen LogP contribution in [0, 0.1) is 5.92 Å². The topological polar surface area (TPSA) is 95.9 Å². The summed E-state index contributed by atoms with van der Waals surface area (Å²) in [5.41, 5.74) is -0.647. The van der Waals surface area contributed by atoms with Crippen LogP contribution in [-0.2, 0) is 14.3 Å². The van der Waals surface area contributed by atoms with Gasteiger partial charge in [-0.05, 0) is 33.1 Å². The average Bonchev–Trinajstić information content (AvgIpc) is 2.69. The van der Waals surface area contributed by atoms with E-state index in [1.165, 1.54) is 4.90 Å². The predicted molar refractivity (Wildman–Crippen MR) is 80.4 cm³/mol. The lowest BCUT2D eigenvalue weighted by Crippen LogP contribution is -2.50. The van der Waals surface area contributed by atoms with Crippen LogP contribution in [0.5, 0.6) is 0 Å². The molecule has 1 heterocycles. The van der Waals surface area contributed by atoms with Gasteiger partial charge in [0.2, 0.25) is 5.91 Å². The predicted octanol–water partition coefficient (Wildman–Crippen LogP) is 1.61. The molecule has 0 aromatic rings. The molecule has 0 radical (unpaired) electrons. The molecule has 1 fully saturated rings. The number of hydrogen-bond acceptors (Lipinski definition) is 4. The quantitative estimate of drug-likeness (QED) is 0.803. The molecule has 1 rings (SSSR count). The Bertz CT molecular complexity index is 444. The van der Waals surface area contributed by atoms with Crippen LogP contribution in [0.25, 0.3) is 0 Å². The molecule has 7 heteroatoms. The number of amides is 2. The van der Waals surface area contributed by atoms with Crippen LogP contribution in [0.4, 0.5) is 4.79 Å². The fraction of sp³-hybridized carbons (Fsp3) is 0.800. The summed E-state index contributed by atoms with van der Waals surface area (Å²) in [7, 11) is 0. The monoisotopic (exact) mass is 314 g/mol. The van der Waals surface area contributed by atoms with E-state index >= 15 is 0 Å². The average molecular weight is 314 g/mol. The second kappa shape index (κ2) is 6.98. The van der Waals surface area contributed by atoms with Crippen molar-refractivity contribution in [3.05, 3.63) is 0 Å². The lowest BCUT2D eigenvalue weighted by atomic mass is 9.98. The van der Waals surface area contributed by atoms with Gasteiger partial charge in [-0.25, -0.2) is 9.59 Å². The summed E-state index contributed by atoms with van der Waals surface area (Å²) in [5.74, 6) is -1.53. The molecular formula is C15H26N2O5. The number of ether oxygens (including phenoxy) is 1. The number of hydrogen-bond donors (Lipinski definition) is 2. The molecule has 0 spiro atoms. The Labute approximate surface area is 131 Å². The summed E-state index contributed by atoms with van der Waals surface area (Å²) >= 11 is 0. The van der Waals surface area contributed by atoms with Gasteiger partial charge in [0, 0.05) is 6.54 Å². The van der Waals surface area contributed by atoms with Crippen molar-refractivity contribution >= 4 is 18.0 Å². The van der Waals surface area contributed by atoms with Crippen LogP contribution < -0.4 is 5.32 Å². The van der Waals surface area contributed by atoms with Crippen molar-refractivity contribution in [3.8, 4) is 0 Å². The molecule has 22 heavy (non-hydrogen) atoms. The van der Waals surface area contributed by atoms with E-state index in [0.29, 0.717) is 19.4 Å². The number of carbonyl (C=O) groups is 3. The number of nitrogens with one attached hydrogen (secondary N) is 1. The number of carboxylic acids is 1. The largest absolute Gasteiger partial charge is 0.480 e. The van der Waals surface area contributed by atoms with E-state index in [1.54, 1.807) is 27.7 Å². The number of aliphatic carboxylic acids is 1. The maximum Gasteiger partial charge on any atom is 0.408 e. The van der Waals surface area contributed by atoms with Crippen molar-refractivity contribution in [3.63, 3.8) is 0 Å². The number of nitrogens with zero attached hydrogens (tertiary/aromatic N) is 1. The standard InChI is InChI=1S/C15H26N2O5/c1-6-9(2)11(13(19)20)17-8-7-10(12(17)18)16-14(21)22-15(3,4)5/h9-11H,6-8H2,1-5H3,(H,16,21)(H,19,20)/t9?,10-,11?/m1/s1. The summed E-state index contributed by atoms with van der Waals surface area (Å²) in [6, 6.07) is -1.58. The maximum absolute atomic E-state index is 12.4. The van der Waals surface area contributed by atoms with Crippen LogP contribution in [-0.4, -0.2) is 52.2 Å². The molecule has 0 saturated carbocycles. The molecule has 0 aliphatic carbocycles. The number of alkyl carbamates (subject to hydrolysis) is 1. The van der Waals surface area contributed by atoms with Gasteiger partial charge in [-0.2, -0.15) is 0 Å². The molecule has 7 nitrogen and oxygen atoms in total. The van der Waals surface area contributed by atoms with Crippen molar-refractivity contribution in [1.29, 1.82) is 0 Å². The molecule has 3 atom stereocenters. The smallest absolute Gasteiger partial charge is 0.408 e. The Morgan fingerprint density at radius 2 is 2.05 bits per heavy atom. The first kappa shape index (κ1) is 18.3. The summed E-state index contributed by atoms with van der Waals surface area (Å²) in [6.07, 6.45) is 0.381. The highest BCUT2D eigenvalue weighted by Crippen LogP contribution is 2.22. The van der Waals surface area contributed by atoms with Gasteiger partial charge in [-0.1, -0.05) is 20.3 Å². The van der Waals surface area contributed by atoms with Crippen molar-refractivity contribution in [2.45, 2.75) is 65.1 Å². The molecule has 1 aliphatic heterocycles. The lowest BCUT2D eigenvalue weighted by Gasteiger charge is -2.29. The molecule has 2 unspecified atom stereocenters. The lowest BCUT2D eigenvalue weighted by molar-refractivity contribution is -0.151. The Morgan fingerprint density at radius 3 is 2.50 bits per heavy atom. The third-order valence-corrected chi connectivity index (χ3v) is 3.70. The summed E-state index contributed by atoms with van der Waals surface area (Å²) in [4.78, 5) is 36.9. The van der Waals surface area contributed by atoms with Gasteiger partial charge in [0.1, 0.15) is 17.7 Å². The zero-order chi connectivity index (χ0) is 17.1. The Balaban J connectivity index is 2.72. The van der Waals surface area contributed by atoms with E-state index in [1.807, 2.05) is 6.92 Å². The number of carbonyl (C=O) groups excluding carboxylic acids is 2. The third-order valence-electron chi connectivity index (χ3n) is 3.70. The Kier molecular flexibility index (Phi) is 5.79. The van der Waals surface area contributed by atoms with Crippen LogP contribution in [0.2, 0.25) is 0 Å². The molecule has 1 saturated heterocycles.